The zero-order valence-corrected chi connectivity index (χ0v) is 11.5. The number of hydrogen-bond donors (Lipinski definition) is 1. The molecule has 1 saturated heterocycles. The first-order valence-electron chi connectivity index (χ1n) is 6.71. The van der Waals surface area contributed by atoms with E-state index in [2.05, 4.69) is 4.90 Å². The number of carbonyl (C=O) groups is 1. The fraction of sp³-hybridized carbons (Fsp3) is 0.533. The molecule has 2 rings (SSSR count). The maximum Gasteiger partial charge on any atom is 0.321 e. The highest BCUT2D eigenvalue weighted by atomic mass is 16.5. The summed E-state index contributed by atoms with van der Waals surface area (Å²) in [4.78, 5) is 13.5. The number of likely N-dealkylation sites (tertiary alicyclic amines) is 1. The number of nitrogens with zero attached hydrogens (tertiary/aromatic N) is 1. The number of ether oxygens (including phenoxy) is 1. The van der Waals surface area contributed by atoms with Gasteiger partial charge in [0.15, 0.2) is 0 Å². The first kappa shape index (κ1) is 13.9. The molecule has 1 heterocycles. The average molecular weight is 263 g/mol. The lowest BCUT2D eigenvalue weighted by molar-refractivity contribution is -0.147. The van der Waals surface area contributed by atoms with E-state index in [9.17, 15) is 9.90 Å². The number of benzene rings is 1. The van der Waals surface area contributed by atoms with Crippen LogP contribution in [0.2, 0.25) is 0 Å². The molecule has 0 aromatic heterocycles. The molecule has 0 amide bonds. The van der Waals surface area contributed by atoms with Gasteiger partial charge in [-0.25, -0.2) is 0 Å². The highest BCUT2D eigenvalue weighted by Gasteiger charge is 2.33. The zero-order valence-electron chi connectivity index (χ0n) is 11.5. The minimum absolute atomic E-state index is 0.212. The van der Waals surface area contributed by atoms with E-state index in [4.69, 9.17) is 4.74 Å². The summed E-state index contributed by atoms with van der Waals surface area (Å²) in [6, 6.07) is 7.46. The Bertz CT molecular complexity index is 430. The SMILES string of the molecule is COc1ccc(CN2CCC[C@H](C)[C@@H]2C(=O)O)cc1. The van der Waals surface area contributed by atoms with Gasteiger partial charge in [-0.05, 0) is 43.0 Å². The normalized spacial score (nSPS) is 24.1. The first-order chi connectivity index (χ1) is 9.11. The fourth-order valence-corrected chi connectivity index (χ4v) is 2.82. The fourth-order valence-electron chi connectivity index (χ4n) is 2.82. The molecule has 1 N–H and O–H groups in total. The minimum atomic E-state index is -0.708. The van der Waals surface area contributed by atoms with Crippen LogP contribution in [0.1, 0.15) is 25.3 Å². The topological polar surface area (TPSA) is 49.8 Å². The van der Waals surface area contributed by atoms with Crippen LogP contribution < -0.4 is 4.74 Å². The van der Waals surface area contributed by atoms with Gasteiger partial charge in [-0.2, -0.15) is 0 Å². The van der Waals surface area contributed by atoms with Crippen molar-refractivity contribution in [2.45, 2.75) is 32.4 Å². The third-order valence-electron chi connectivity index (χ3n) is 3.83. The predicted octanol–water partition coefficient (Wildman–Crippen LogP) is 2.38. The molecule has 1 aliphatic heterocycles. The van der Waals surface area contributed by atoms with E-state index in [1.807, 2.05) is 31.2 Å². The van der Waals surface area contributed by atoms with Crippen LogP contribution in [0.15, 0.2) is 24.3 Å². The lowest BCUT2D eigenvalue weighted by Crippen LogP contribution is -2.48. The van der Waals surface area contributed by atoms with Crippen molar-refractivity contribution in [2.75, 3.05) is 13.7 Å². The number of rotatable bonds is 4. The summed E-state index contributed by atoms with van der Waals surface area (Å²) in [7, 11) is 1.64. The molecule has 0 unspecified atom stereocenters. The van der Waals surface area contributed by atoms with Crippen molar-refractivity contribution in [3.63, 3.8) is 0 Å². The van der Waals surface area contributed by atoms with Gasteiger partial charge in [-0.15, -0.1) is 0 Å². The second kappa shape index (κ2) is 6.06. The van der Waals surface area contributed by atoms with E-state index >= 15 is 0 Å². The van der Waals surface area contributed by atoms with Crippen LogP contribution in [0, 0.1) is 5.92 Å². The Morgan fingerprint density at radius 1 is 1.42 bits per heavy atom. The Hall–Kier alpha value is -1.55. The molecule has 4 nitrogen and oxygen atoms in total. The number of piperidine rings is 1. The van der Waals surface area contributed by atoms with Gasteiger partial charge in [0, 0.05) is 6.54 Å². The lowest BCUT2D eigenvalue weighted by Gasteiger charge is -2.37. The van der Waals surface area contributed by atoms with Crippen molar-refractivity contribution in [3.05, 3.63) is 29.8 Å². The van der Waals surface area contributed by atoms with Crippen LogP contribution in [-0.4, -0.2) is 35.7 Å². The molecule has 1 fully saturated rings. The largest absolute Gasteiger partial charge is 0.497 e. The van der Waals surface area contributed by atoms with Crippen molar-refractivity contribution >= 4 is 5.97 Å². The van der Waals surface area contributed by atoms with Crippen molar-refractivity contribution in [1.82, 2.24) is 4.90 Å². The second-order valence-corrected chi connectivity index (χ2v) is 5.22. The molecule has 2 atom stereocenters. The molecule has 1 aromatic rings. The number of carboxylic acid groups (broad SMARTS) is 1. The standard InChI is InChI=1S/C15H21NO3/c1-11-4-3-9-16(14(11)15(17)18)10-12-5-7-13(19-2)8-6-12/h5-8,11,14H,3-4,9-10H2,1-2H3,(H,17,18)/t11-,14+/m0/s1. The summed E-state index contributed by atoms with van der Waals surface area (Å²) >= 11 is 0. The summed E-state index contributed by atoms with van der Waals surface area (Å²) < 4.78 is 5.13. The van der Waals surface area contributed by atoms with E-state index in [1.54, 1.807) is 7.11 Å². The Morgan fingerprint density at radius 3 is 2.68 bits per heavy atom. The maximum atomic E-state index is 11.4. The van der Waals surface area contributed by atoms with Gasteiger partial charge in [0.05, 0.1) is 7.11 Å². The third-order valence-corrected chi connectivity index (χ3v) is 3.83. The third kappa shape index (κ3) is 3.26. The van der Waals surface area contributed by atoms with Gasteiger partial charge in [0.1, 0.15) is 11.8 Å². The Balaban J connectivity index is 2.08. The number of methoxy groups -OCH3 is 1. The van der Waals surface area contributed by atoms with E-state index in [1.165, 1.54) is 0 Å². The first-order valence-corrected chi connectivity index (χ1v) is 6.71. The number of carboxylic acids is 1. The highest BCUT2D eigenvalue weighted by molar-refractivity contribution is 5.74. The maximum absolute atomic E-state index is 11.4. The van der Waals surface area contributed by atoms with Crippen molar-refractivity contribution in [3.8, 4) is 5.75 Å². The highest BCUT2D eigenvalue weighted by Crippen LogP contribution is 2.25. The number of aliphatic carboxylic acids is 1. The molecule has 0 aliphatic carbocycles. The van der Waals surface area contributed by atoms with Gasteiger partial charge >= 0.3 is 5.97 Å². The van der Waals surface area contributed by atoms with Crippen LogP contribution in [0.4, 0.5) is 0 Å². The molecular formula is C15H21NO3. The van der Waals surface area contributed by atoms with Gasteiger partial charge in [0.25, 0.3) is 0 Å². The smallest absolute Gasteiger partial charge is 0.321 e. The summed E-state index contributed by atoms with van der Waals surface area (Å²) in [5.74, 6) is 0.329. The molecule has 19 heavy (non-hydrogen) atoms. The Labute approximate surface area is 114 Å². The van der Waals surface area contributed by atoms with Crippen molar-refractivity contribution < 1.29 is 14.6 Å². The summed E-state index contributed by atoms with van der Waals surface area (Å²) in [5.41, 5.74) is 1.13. The summed E-state index contributed by atoms with van der Waals surface area (Å²) in [6.45, 7) is 3.57. The molecule has 1 aliphatic rings. The zero-order chi connectivity index (χ0) is 13.8. The van der Waals surface area contributed by atoms with Gasteiger partial charge in [0.2, 0.25) is 0 Å². The van der Waals surface area contributed by atoms with Gasteiger partial charge < -0.3 is 9.84 Å². The number of hydrogen-bond acceptors (Lipinski definition) is 3. The molecule has 1 aromatic carbocycles. The van der Waals surface area contributed by atoms with Crippen LogP contribution >= 0.6 is 0 Å². The van der Waals surface area contributed by atoms with Gasteiger partial charge in [-0.1, -0.05) is 19.1 Å². The monoisotopic (exact) mass is 263 g/mol. The molecule has 4 heteroatoms. The minimum Gasteiger partial charge on any atom is -0.497 e. The molecule has 0 bridgehead atoms. The molecular weight excluding hydrogens is 242 g/mol. The molecule has 0 radical (unpaired) electrons. The molecule has 0 spiro atoms. The predicted molar refractivity (Wildman–Crippen MR) is 73.2 cm³/mol. The van der Waals surface area contributed by atoms with E-state index in [0.717, 1.165) is 30.7 Å². The Kier molecular flexibility index (Phi) is 4.43. The molecule has 0 saturated carbocycles. The van der Waals surface area contributed by atoms with Crippen LogP contribution in [0.3, 0.4) is 0 Å². The summed E-state index contributed by atoms with van der Waals surface area (Å²) in [6.07, 6.45) is 2.07. The van der Waals surface area contributed by atoms with Crippen molar-refractivity contribution in [2.24, 2.45) is 5.92 Å². The van der Waals surface area contributed by atoms with Crippen LogP contribution in [0.5, 0.6) is 5.75 Å². The quantitative estimate of drug-likeness (QED) is 0.906. The summed E-state index contributed by atoms with van der Waals surface area (Å²) in [5, 5.41) is 9.38. The van der Waals surface area contributed by atoms with Crippen LogP contribution in [0.25, 0.3) is 0 Å². The van der Waals surface area contributed by atoms with E-state index in [0.29, 0.717) is 6.54 Å². The lowest BCUT2D eigenvalue weighted by atomic mass is 9.90. The average Bonchev–Trinajstić information content (AvgIpc) is 2.39. The van der Waals surface area contributed by atoms with E-state index in [-0.39, 0.29) is 12.0 Å². The molecule has 104 valence electrons. The van der Waals surface area contributed by atoms with E-state index < -0.39 is 5.97 Å². The van der Waals surface area contributed by atoms with Crippen LogP contribution in [-0.2, 0) is 11.3 Å². The second-order valence-electron chi connectivity index (χ2n) is 5.22. The Morgan fingerprint density at radius 2 is 2.11 bits per heavy atom. The van der Waals surface area contributed by atoms with Gasteiger partial charge in [-0.3, -0.25) is 9.69 Å². The van der Waals surface area contributed by atoms with Crippen molar-refractivity contribution in [1.29, 1.82) is 0 Å².